The van der Waals surface area contributed by atoms with Crippen molar-refractivity contribution in [1.29, 1.82) is 0 Å². The molecule has 0 amide bonds. The average Bonchev–Trinajstić information content (AvgIpc) is 3.01. The molecule has 0 saturated heterocycles. The molecule has 1 aromatic rings. The molecule has 1 aliphatic carbocycles. The predicted octanol–water partition coefficient (Wildman–Crippen LogP) is 2.97. The van der Waals surface area contributed by atoms with Gasteiger partial charge in [-0.05, 0) is 49.5 Å². The molecule has 0 spiro atoms. The molecule has 19 heavy (non-hydrogen) atoms. The van der Waals surface area contributed by atoms with E-state index in [-0.39, 0.29) is 5.41 Å². The summed E-state index contributed by atoms with van der Waals surface area (Å²) in [6.45, 7) is 7.58. The fourth-order valence-corrected chi connectivity index (χ4v) is 2.56. The van der Waals surface area contributed by atoms with Crippen molar-refractivity contribution in [2.24, 2.45) is 23.0 Å². The lowest BCUT2D eigenvalue weighted by molar-refractivity contribution is 0.208. The summed E-state index contributed by atoms with van der Waals surface area (Å²) in [5, 5.41) is 4.07. The first-order chi connectivity index (χ1) is 8.99. The number of rotatable bonds is 7. The minimum atomic E-state index is 0.288. The molecule has 108 valence electrons. The van der Waals surface area contributed by atoms with E-state index in [9.17, 15) is 0 Å². The van der Waals surface area contributed by atoms with Crippen LogP contribution in [-0.2, 0) is 12.8 Å². The maximum atomic E-state index is 5.71. The van der Waals surface area contributed by atoms with Crippen molar-refractivity contribution in [1.82, 2.24) is 10.1 Å². The Hall–Kier alpha value is -0.900. The van der Waals surface area contributed by atoms with Crippen LogP contribution in [0.3, 0.4) is 0 Å². The third kappa shape index (κ3) is 4.60. The lowest BCUT2D eigenvalue weighted by atomic mass is 9.76. The van der Waals surface area contributed by atoms with E-state index in [0.29, 0.717) is 5.92 Å². The van der Waals surface area contributed by atoms with E-state index in [1.807, 2.05) is 0 Å². The second kappa shape index (κ2) is 6.04. The third-order valence-electron chi connectivity index (χ3n) is 4.12. The fourth-order valence-electron chi connectivity index (χ4n) is 2.56. The Morgan fingerprint density at radius 2 is 2.05 bits per heavy atom. The van der Waals surface area contributed by atoms with Crippen LogP contribution in [0.15, 0.2) is 4.52 Å². The molecule has 1 aliphatic rings. The first-order valence-electron chi connectivity index (χ1n) is 7.50. The van der Waals surface area contributed by atoms with E-state index in [2.05, 4.69) is 30.9 Å². The van der Waals surface area contributed by atoms with Gasteiger partial charge in [-0.25, -0.2) is 0 Å². The maximum Gasteiger partial charge on any atom is 0.226 e. The summed E-state index contributed by atoms with van der Waals surface area (Å²) in [7, 11) is 0. The average molecular weight is 265 g/mol. The normalized spacial score (nSPS) is 17.7. The largest absolute Gasteiger partial charge is 0.339 e. The Labute approximate surface area is 116 Å². The van der Waals surface area contributed by atoms with Gasteiger partial charge < -0.3 is 10.3 Å². The Morgan fingerprint density at radius 3 is 2.63 bits per heavy atom. The second-order valence-electron chi connectivity index (χ2n) is 6.93. The van der Waals surface area contributed by atoms with Gasteiger partial charge in [0.25, 0.3) is 0 Å². The van der Waals surface area contributed by atoms with Crippen molar-refractivity contribution in [2.75, 3.05) is 6.54 Å². The van der Waals surface area contributed by atoms with Crippen molar-refractivity contribution in [3.05, 3.63) is 11.7 Å². The molecular weight excluding hydrogens is 238 g/mol. The van der Waals surface area contributed by atoms with Gasteiger partial charge in [0.1, 0.15) is 0 Å². The van der Waals surface area contributed by atoms with Crippen LogP contribution in [0.2, 0.25) is 0 Å². The lowest BCUT2D eigenvalue weighted by Gasteiger charge is -2.30. The smallest absolute Gasteiger partial charge is 0.226 e. The predicted molar refractivity (Wildman–Crippen MR) is 75.7 cm³/mol. The van der Waals surface area contributed by atoms with Gasteiger partial charge in [-0.15, -0.1) is 0 Å². The molecule has 0 bridgehead atoms. The standard InChI is InChI=1S/C15H27N3O/c1-15(2,3)12(8-9-16)6-7-14-17-13(18-19-14)10-11-4-5-11/h11-12H,4-10,16H2,1-3H3. The van der Waals surface area contributed by atoms with Gasteiger partial charge in [0, 0.05) is 12.8 Å². The van der Waals surface area contributed by atoms with Crippen LogP contribution >= 0.6 is 0 Å². The Kier molecular flexibility index (Phi) is 4.61. The molecule has 0 radical (unpaired) electrons. The van der Waals surface area contributed by atoms with Crippen molar-refractivity contribution < 1.29 is 4.52 Å². The van der Waals surface area contributed by atoms with E-state index in [1.54, 1.807) is 0 Å². The third-order valence-corrected chi connectivity index (χ3v) is 4.12. The molecule has 1 unspecified atom stereocenters. The molecule has 4 heteroatoms. The van der Waals surface area contributed by atoms with Crippen LogP contribution in [0.4, 0.5) is 0 Å². The highest BCUT2D eigenvalue weighted by molar-refractivity contribution is 4.92. The van der Waals surface area contributed by atoms with Gasteiger partial charge in [0.05, 0.1) is 0 Å². The lowest BCUT2D eigenvalue weighted by Crippen LogP contribution is -2.24. The summed E-state index contributed by atoms with van der Waals surface area (Å²) in [4.78, 5) is 4.50. The van der Waals surface area contributed by atoms with Gasteiger partial charge >= 0.3 is 0 Å². The van der Waals surface area contributed by atoms with Gasteiger partial charge in [-0.1, -0.05) is 25.9 Å². The van der Waals surface area contributed by atoms with E-state index in [0.717, 1.165) is 49.9 Å². The monoisotopic (exact) mass is 265 g/mol. The SMILES string of the molecule is CC(C)(C)C(CCN)CCc1nc(CC2CC2)no1. The van der Waals surface area contributed by atoms with Gasteiger partial charge in [0.2, 0.25) is 5.89 Å². The summed E-state index contributed by atoms with van der Waals surface area (Å²) in [6, 6.07) is 0. The summed E-state index contributed by atoms with van der Waals surface area (Å²) < 4.78 is 5.34. The zero-order valence-corrected chi connectivity index (χ0v) is 12.5. The van der Waals surface area contributed by atoms with Crippen molar-refractivity contribution in [2.45, 2.75) is 59.3 Å². The number of nitrogens with two attached hydrogens (primary N) is 1. The minimum Gasteiger partial charge on any atom is -0.339 e. The van der Waals surface area contributed by atoms with E-state index >= 15 is 0 Å². The Balaban J connectivity index is 1.83. The van der Waals surface area contributed by atoms with Crippen LogP contribution < -0.4 is 5.73 Å². The summed E-state index contributed by atoms with van der Waals surface area (Å²) >= 11 is 0. The Morgan fingerprint density at radius 1 is 1.32 bits per heavy atom. The molecule has 2 N–H and O–H groups in total. The van der Waals surface area contributed by atoms with Crippen molar-refractivity contribution >= 4 is 0 Å². The van der Waals surface area contributed by atoms with Crippen LogP contribution in [0.25, 0.3) is 0 Å². The van der Waals surface area contributed by atoms with Crippen LogP contribution in [0, 0.1) is 17.3 Å². The van der Waals surface area contributed by atoms with Crippen molar-refractivity contribution in [3.8, 4) is 0 Å². The first-order valence-corrected chi connectivity index (χ1v) is 7.50. The Bertz CT molecular complexity index is 390. The summed E-state index contributed by atoms with van der Waals surface area (Å²) in [5.74, 6) is 3.10. The zero-order chi connectivity index (χ0) is 13.9. The molecule has 4 nitrogen and oxygen atoms in total. The molecule has 1 saturated carbocycles. The molecule has 1 atom stereocenters. The topological polar surface area (TPSA) is 64.9 Å². The van der Waals surface area contributed by atoms with E-state index in [4.69, 9.17) is 10.3 Å². The van der Waals surface area contributed by atoms with Gasteiger partial charge in [-0.3, -0.25) is 0 Å². The second-order valence-corrected chi connectivity index (χ2v) is 6.93. The van der Waals surface area contributed by atoms with Gasteiger partial charge in [-0.2, -0.15) is 4.98 Å². The summed E-state index contributed by atoms with van der Waals surface area (Å²) in [6.07, 6.45) is 6.66. The highest BCUT2D eigenvalue weighted by Gasteiger charge is 2.26. The van der Waals surface area contributed by atoms with Crippen molar-refractivity contribution in [3.63, 3.8) is 0 Å². The maximum absolute atomic E-state index is 5.71. The number of hydrogen-bond acceptors (Lipinski definition) is 4. The van der Waals surface area contributed by atoms with Gasteiger partial charge in [0.15, 0.2) is 5.82 Å². The number of nitrogens with zero attached hydrogens (tertiary/aromatic N) is 2. The minimum absolute atomic E-state index is 0.288. The zero-order valence-electron chi connectivity index (χ0n) is 12.5. The highest BCUT2D eigenvalue weighted by atomic mass is 16.5. The molecular formula is C15H27N3O. The summed E-state index contributed by atoms with van der Waals surface area (Å²) in [5.41, 5.74) is 6.00. The molecule has 1 heterocycles. The molecule has 1 aromatic heterocycles. The molecule has 0 aromatic carbocycles. The van der Waals surface area contributed by atoms with Crippen LogP contribution in [0.1, 0.15) is 58.2 Å². The number of hydrogen-bond donors (Lipinski definition) is 1. The fraction of sp³-hybridized carbons (Fsp3) is 0.867. The van der Waals surface area contributed by atoms with E-state index < -0.39 is 0 Å². The first kappa shape index (κ1) is 14.5. The molecule has 0 aliphatic heterocycles. The molecule has 2 rings (SSSR count). The number of aryl methyl sites for hydroxylation is 1. The number of aromatic nitrogens is 2. The highest BCUT2D eigenvalue weighted by Crippen LogP contribution is 2.33. The quantitative estimate of drug-likeness (QED) is 0.823. The van der Waals surface area contributed by atoms with Crippen LogP contribution in [-0.4, -0.2) is 16.7 Å². The van der Waals surface area contributed by atoms with E-state index in [1.165, 1.54) is 12.8 Å². The van der Waals surface area contributed by atoms with Crippen LogP contribution in [0.5, 0.6) is 0 Å². The molecule has 1 fully saturated rings.